The lowest BCUT2D eigenvalue weighted by Crippen LogP contribution is -2.47. The van der Waals surface area contributed by atoms with Gasteiger partial charge in [-0.25, -0.2) is 0 Å². The van der Waals surface area contributed by atoms with Crippen LogP contribution in [0.4, 0.5) is 0 Å². The highest BCUT2D eigenvalue weighted by molar-refractivity contribution is 7.22. The van der Waals surface area contributed by atoms with Crippen molar-refractivity contribution in [3.05, 3.63) is 93.9 Å². The van der Waals surface area contributed by atoms with Crippen LogP contribution in [0.15, 0.2) is 71.5 Å². The smallest absolute Gasteiger partial charge is 0.250 e. The molecule has 2 aliphatic rings. The minimum atomic E-state index is 0.120. The maximum atomic E-state index is 12.8. The Morgan fingerprint density at radius 1 is 1.00 bits per heavy atom. The van der Waals surface area contributed by atoms with Crippen molar-refractivity contribution in [3.8, 4) is 16.5 Å². The first kappa shape index (κ1) is 19.5. The van der Waals surface area contributed by atoms with Gasteiger partial charge in [0.2, 0.25) is 0 Å². The fourth-order valence-corrected chi connectivity index (χ4v) is 6.66. The van der Waals surface area contributed by atoms with Crippen LogP contribution in [0.3, 0.4) is 0 Å². The molecule has 2 bridgehead atoms. The van der Waals surface area contributed by atoms with Gasteiger partial charge in [0.1, 0.15) is 0 Å². The molecule has 2 aliphatic heterocycles. The number of rotatable bonds is 3. The predicted molar refractivity (Wildman–Crippen MR) is 129 cm³/mol. The molecule has 0 saturated carbocycles. The Labute approximate surface area is 191 Å². The zero-order chi connectivity index (χ0) is 21.7. The van der Waals surface area contributed by atoms with Gasteiger partial charge in [0.15, 0.2) is 0 Å². The molecule has 32 heavy (non-hydrogen) atoms. The van der Waals surface area contributed by atoms with E-state index >= 15 is 0 Å². The van der Waals surface area contributed by atoms with Gasteiger partial charge in [-0.05, 0) is 53.6 Å². The Bertz CT molecular complexity index is 1390. The number of pyridine rings is 1. The van der Waals surface area contributed by atoms with Crippen LogP contribution in [-0.4, -0.2) is 22.6 Å². The Morgan fingerprint density at radius 2 is 1.91 bits per heavy atom. The summed E-state index contributed by atoms with van der Waals surface area (Å²) >= 11 is 1.81. The van der Waals surface area contributed by atoms with Gasteiger partial charge in [0, 0.05) is 59.0 Å². The molecule has 5 heteroatoms. The van der Waals surface area contributed by atoms with Gasteiger partial charge >= 0.3 is 0 Å². The molecule has 6 rings (SSSR count). The van der Waals surface area contributed by atoms with Gasteiger partial charge in [-0.1, -0.05) is 30.3 Å². The molecule has 1 fully saturated rings. The topological polar surface area (TPSA) is 49.0 Å². The number of fused-ring (bicyclic) bond motifs is 5. The number of benzene rings is 2. The molecule has 0 aliphatic carbocycles. The van der Waals surface area contributed by atoms with Crippen LogP contribution >= 0.6 is 11.3 Å². The van der Waals surface area contributed by atoms with E-state index in [-0.39, 0.29) is 5.56 Å². The molecule has 0 spiro atoms. The van der Waals surface area contributed by atoms with E-state index in [2.05, 4.69) is 47.4 Å². The van der Waals surface area contributed by atoms with E-state index in [1.807, 2.05) is 40.2 Å². The molecule has 4 heterocycles. The quantitative estimate of drug-likeness (QED) is 0.441. The van der Waals surface area contributed by atoms with Gasteiger partial charge < -0.3 is 4.57 Å². The maximum absolute atomic E-state index is 12.8. The van der Waals surface area contributed by atoms with E-state index in [4.69, 9.17) is 0 Å². The fraction of sp³-hybridized carbons (Fsp3) is 0.259. The molecule has 4 nitrogen and oxygen atoms in total. The van der Waals surface area contributed by atoms with Crippen molar-refractivity contribution in [2.45, 2.75) is 25.4 Å². The van der Waals surface area contributed by atoms with Gasteiger partial charge in [-0.2, -0.15) is 5.26 Å². The second kappa shape index (κ2) is 7.74. The lowest BCUT2D eigenvalue weighted by Gasteiger charge is -2.43. The third-order valence-electron chi connectivity index (χ3n) is 6.82. The van der Waals surface area contributed by atoms with Gasteiger partial charge in [-0.15, -0.1) is 11.3 Å². The van der Waals surface area contributed by atoms with Crippen molar-refractivity contribution < 1.29 is 0 Å². The van der Waals surface area contributed by atoms with Crippen molar-refractivity contribution in [1.82, 2.24) is 9.47 Å². The number of piperidine rings is 1. The van der Waals surface area contributed by atoms with Crippen molar-refractivity contribution in [2.24, 2.45) is 5.92 Å². The molecule has 1 saturated heterocycles. The normalized spacial score (nSPS) is 20.1. The largest absolute Gasteiger partial charge is 0.311 e. The molecular formula is C27H23N3OS. The molecule has 0 amide bonds. The van der Waals surface area contributed by atoms with E-state index < -0.39 is 0 Å². The SMILES string of the molecule is N#Cc1cccc(CN2C[C@@H]3C[C@@H](C2)c2c(-c4cc5ccccc5s4)ccc(=O)n2C3)c1. The first-order valence-electron chi connectivity index (χ1n) is 11.1. The summed E-state index contributed by atoms with van der Waals surface area (Å²) in [5.74, 6) is 0.825. The van der Waals surface area contributed by atoms with E-state index in [1.165, 1.54) is 31.8 Å². The van der Waals surface area contributed by atoms with Crippen LogP contribution in [0.2, 0.25) is 0 Å². The van der Waals surface area contributed by atoms with Gasteiger partial charge in [-0.3, -0.25) is 9.69 Å². The number of nitrogens with zero attached hydrogens (tertiary/aromatic N) is 3. The number of nitriles is 1. The van der Waals surface area contributed by atoms with E-state index in [1.54, 1.807) is 6.07 Å². The second-order valence-corrected chi connectivity index (χ2v) is 10.1. The average Bonchev–Trinajstić information content (AvgIpc) is 3.24. The number of thiophene rings is 1. The lowest BCUT2D eigenvalue weighted by molar-refractivity contribution is 0.115. The van der Waals surface area contributed by atoms with Crippen molar-refractivity contribution >= 4 is 21.4 Å². The van der Waals surface area contributed by atoms with Gasteiger partial charge in [0.25, 0.3) is 5.56 Å². The zero-order valence-corrected chi connectivity index (χ0v) is 18.5. The summed E-state index contributed by atoms with van der Waals surface area (Å²) in [5, 5.41) is 10.5. The van der Waals surface area contributed by atoms with Crippen LogP contribution in [0.25, 0.3) is 20.5 Å². The zero-order valence-electron chi connectivity index (χ0n) is 17.7. The molecule has 0 N–H and O–H groups in total. The predicted octanol–water partition coefficient (Wildman–Crippen LogP) is 5.22. The summed E-state index contributed by atoms with van der Waals surface area (Å²) < 4.78 is 3.33. The van der Waals surface area contributed by atoms with Crippen LogP contribution < -0.4 is 5.56 Å². The third-order valence-corrected chi connectivity index (χ3v) is 7.97. The number of aromatic nitrogens is 1. The highest BCUT2D eigenvalue weighted by Crippen LogP contribution is 2.43. The molecule has 158 valence electrons. The highest BCUT2D eigenvalue weighted by atomic mass is 32.1. The summed E-state index contributed by atoms with van der Waals surface area (Å²) in [6.45, 7) is 3.57. The maximum Gasteiger partial charge on any atom is 0.250 e. The first-order valence-corrected chi connectivity index (χ1v) is 11.9. The van der Waals surface area contributed by atoms with Crippen LogP contribution in [-0.2, 0) is 13.1 Å². The summed E-state index contributed by atoms with van der Waals surface area (Å²) in [7, 11) is 0. The number of likely N-dealkylation sites (tertiary alicyclic amines) is 1. The second-order valence-electron chi connectivity index (χ2n) is 9.03. The first-order chi connectivity index (χ1) is 15.7. The van der Waals surface area contributed by atoms with Crippen molar-refractivity contribution in [1.29, 1.82) is 5.26 Å². The molecule has 2 aromatic carbocycles. The fourth-order valence-electron chi connectivity index (χ4n) is 5.56. The Kier molecular flexibility index (Phi) is 4.71. The highest BCUT2D eigenvalue weighted by Gasteiger charge is 2.36. The standard InChI is InChI=1S/C27H23N3OS/c28-13-18-4-3-5-19(10-18)14-29-15-20-11-22(17-29)27-23(8-9-26(31)30(27)16-20)25-12-21-6-1-2-7-24(21)32-25/h1-10,12,20,22H,11,14-17H2/t20-,22-/m0/s1. The molecule has 4 aromatic rings. The van der Waals surface area contributed by atoms with Gasteiger partial charge in [0.05, 0.1) is 11.6 Å². The van der Waals surface area contributed by atoms with Crippen LogP contribution in [0.1, 0.15) is 29.2 Å². The molecule has 0 radical (unpaired) electrons. The molecule has 2 aromatic heterocycles. The average molecular weight is 438 g/mol. The molecular weight excluding hydrogens is 414 g/mol. The van der Waals surface area contributed by atoms with E-state index in [0.717, 1.165) is 32.6 Å². The number of hydrogen-bond acceptors (Lipinski definition) is 4. The van der Waals surface area contributed by atoms with Crippen LogP contribution in [0.5, 0.6) is 0 Å². The molecule has 0 unspecified atom stereocenters. The summed E-state index contributed by atoms with van der Waals surface area (Å²) in [4.78, 5) is 16.6. The number of hydrogen-bond donors (Lipinski definition) is 0. The minimum Gasteiger partial charge on any atom is -0.311 e. The third kappa shape index (κ3) is 3.37. The molecule has 2 atom stereocenters. The Hall–Kier alpha value is -3.20. The van der Waals surface area contributed by atoms with E-state index in [0.29, 0.717) is 17.4 Å². The Morgan fingerprint density at radius 3 is 2.78 bits per heavy atom. The van der Waals surface area contributed by atoms with Crippen molar-refractivity contribution in [3.63, 3.8) is 0 Å². The summed E-state index contributed by atoms with van der Waals surface area (Å²) in [5.41, 5.74) is 4.43. The van der Waals surface area contributed by atoms with Crippen LogP contribution in [0, 0.1) is 17.2 Å². The monoisotopic (exact) mass is 437 g/mol. The summed E-state index contributed by atoms with van der Waals surface area (Å²) in [6.07, 6.45) is 1.14. The Balaban J connectivity index is 1.37. The summed E-state index contributed by atoms with van der Waals surface area (Å²) in [6, 6.07) is 24.7. The van der Waals surface area contributed by atoms with E-state index in [9.17, 15) is 10.1 Å². The lowest BCUT2D eigenvalue weighted by atomic mass is 9.81. The van der Waals surface area contributed by atoms with Crippen molar-refractivity contribution in [2.75, 3.05) is 13.1 Å². The minimum absolute atomic E-state index is 0.120.